The topological polar surface area (TPSA) is 99.7 Å². The Kier molecular flexibility index (Phi) is 4.79. The van der Waals surface area contributed by atoms with Crippen molar-refractivity contribution in [1.82, 2.24) is 10.6 Å². The van der Waals surface area contributed by atoms with Crippen LogP contribution in [-0.4, -0.2) is 24.2 Å². The standard InChI is InChI=1S/C19H19N3O4/c1-11-16(18(24)21-14-8-3-4-9-15(14)26-2)17(22-19(25)20-11)12-6-5-7-13(23)10-12/h3-10,16-17,23H,1H2,2H3,(H,21,24)(H2,20,22,25)/t16-,17-/m1/s1. The Labute approximate surface area is 150 Å². The molecule has 7 heteroatoms. The zero-order chi connectivity index (χ0) is 18.7. The molecule has 3 amide bonds. The van der Waals surface area contributed by atoms with Gasteiger partial charge in [-0.3, -0.25) is 4.79 Å². The molecule has 0 aliphatic carbocycles. The van der Waals surface area contributed by atoms with Crippen LogP contribution in [0, 0.1) is 5.92 Å². The van der Waals surface area contributed by atoms with Crippen LogP contribution in [0.3, 0.4) is 0 Å². The van der Waals surface area contributed by atoms with Crippen LogP contribution in [0.1, 0.15) is 11.6 Å². The van der Waals surface area contributed by atoms with Crippen molar-refractivity contribution < 1.29 is 19.4 Å². The smallest absolute Gasteiger partial charge is 0.319 e. The predicted molar refractivity (Wildman–Crippen MR) is 96.8 cm³/mol. The van der Waals surface area contributed by atoms with E-state index < -0.39 is 18.0 Å². The molecule has 1 heterocycles. The predicted octanol–water partition coefficient (Wildman–Crippen LogP) is 2.52. The van der Waals surface area contributed by atoms with Crippen LogP contribution < -0.4 is 20.7 Å². The number of para-hydroxylation sites is 2. The van der Waals surface area contributed by atoms with Crippen molar-refractivity contribution in [3.05, 3.63) is 66.4 Å². The van der Waals surface area contributed by atoms with E-state index >= 15 is 0 Å². The van der Waals surface area contributed by atoms with E-state index in [4.69, 9.17) is 4.74 Å². The van der Waals surface area contributed by atoms with E-state index in [-0.39, 0.29) is 17.4 Å². The molecule has 3 rings (SSSR count). The molecule has 26 heavy (non-hydrogen) atoms. The van der Waals surface area contributed by atoms with Gasteiger partial charge < -0.3 is 25.8 Å². The molecule has 134 valence electrons. The highest BCUT2D eigenvalue weighted by molar-refractivity contribution is 5.98. The lowest BCUT2D eigenvalue weighted by atomic mass is 9.88. The molecule has 4 N–H and O–H groups in total. The number of hydrogen-bond donors (Lipinski definition) is 4. The van der Waals surface area contributed by atoms with Crippen LogP contribution in [0.4, 0.5) is 10.5 Å². The van der Waals surface area contributed by atoms with Crippen molar-refractivity contribution in [2.75, 3.05) is 12.4 Å². The molecule has 0 saturated carbocycles. The normalized spacial score (nSPS) is 19.3. The molecular formula is C19H19N3O4. The first-order valence-corrected chi connectivity index (χ1v) is 7.98. The Bertz CT molecular complexity index is 865. The Hall–Kier alpha value is -3.48. The van der Waals surface area contributed by atoms with E-state index in [1.807, 2.05) is 0 Å². The first-order valence-electron chi connectivity index (χ1n) is 7.98. The number of aromatic hydroxyl groups is 1. The molecular weight excluding hydrogens is 334 g/mol. The number of ether oxygens (including phenoxy) is 1. The summed E-state index contributed by atoms with van der Waals surface area (Å²) in [5.41, 5.74) is 1.38. The molecule has 0 unspecified atom stereocenters. The summed E-state index contributed by atoms with van der Waals surface area (Å²) in [6.45, 7) is 3.82. The summed E-state index contributed by atoms with van der Waals surface area (Å²) in [6, 6.07) is 12.3. The first kappa shape index (κ1) is 17.3. The van der Waals surface area contributed by atoms with Crippen LogP contribution in [0.2, 0.25) is 0 Å². The number of amides is 3. The summed E-state index contributed by atoms with van der Waals surface area (Å²) >= 11 is 0. The maximum absolute atomic E-state index is 12.9. The number of nitrogens with one attached hydrogen (secondary N) is 3. The molecule has 1 aliphatic heterocycles. The minimum Gasteiger partial charge on any atom is -0.508 e. The van der Waals surface area contributed by atoms with Crippen molar-refractivity contribution in [3.63, 3.8) is 0 Å². The van der Waals surface area contributed by atoms with Gasteiger partial charge in [0.15, 0.2) is 0 Å². The van der Waals surface area contributed by atoms with Crippen LogP contribution in [-0.2, 0) is 4.79 Å². The van der Waals surface area contributed by atoms with Gasteiger partial charge in [-0.25, -0.2) is 4.79 Å². The summed E-state index contributed by atoms with van der Waals surface area (Å²) in [6.07, 6.45) is 0. The van der Waals surface area contributed by atoms with Crippen molar-refractivity contribution in [2.45, 2.75) is 6.04 Å². The Balaban J connectivity index is 1.92. The Morgan fingerprint density at radius 1 is 1.23 bits per heavy atom. The Morgan fingerprint density at radius 3 is 2.73 bits per heavy atom. The molecule has 1 aliphatic rings. The first-order chi connectivity index (χ1) is 12.5. The van der Waals surface area contributed by atoms with Crippen LogP contribution in [0.5, 0.6) is 11.5 Å². The quantitative estimate of drug-likeness (QED) is 0.679. The lowest BCUT2D eigenvalue weighted by Crippen LogP contribution is -2.51. The zero-order valence-electron chi connectivity index (χ0n) is 14.2. The molecule has 7 nitrogen and oxygen atoms in total. The van der Waals surface area contributed by atoms with E-state index in [0.29, 0.717) is 17.0 Å². The van der Waals surface area contributed by atoms with Crippen molar-refractivity contribution >= 4 is 17.6 Å². The third-order valence-electron chi connectivity index (χ3n) is 4.15. The van der Waals surface area contributed by atoms with Gasteiger partial charge in [-0.1, -0.05) is 30.8 Å². The number of phenols is 1. The average Bonchev–Trinajstić information content (AvgIpc) is 2.61. The molecule has 2 aromatic carbocycles. The third-order valence-corrected chi connectivity index (χ3v) is 4.15. The monoisotopic (exact) mass is 353 g/mol. The fourth-order valence-electron chi connectivity index (χ4n) is 2.95. The van der Waals surface area contributed by atoms with Crippen molar-refractivity contribution in [3.8, 4) is 11.5 Å². The highest BCUT2D eigenvalue weighted by Crippen LogP contribution is 2.33. The van der Waals surface area contributed by atoms with Crippen LogP contribution in [0.15, 0.2) is 60.8 Å². The van der Waals surface area contributed by atoms with Gasteiger partial charge in [0, 0.05) is 5.70 Å². The largest absolute Gasteiger partial charge is 0.508 e. The third kappa shape index (κ3) is 3.46. The maximum Gasteiger partial charge on any atom is 0.319 e. The van der Waals surface area contributed by atoms with Gasteiger partial charge in [0.2, 0.25) is 5.91 Å². The number of urea groups is 1. The fraction of sp³-hybridized carbons (Fsp3) is 0.158. The van der Waals surface area contributed by atoms with E-state index in [1.165, 1.54) is 19.2 Å². The molecule has 2 aromatic rings. The molecule has 0 radical (unpaired) electrons. The van der Waals surface area contributed by atoms with Gasteiger partial charge >= 0.3 is 6.03 Å². The van der Waals surface area contributed by atoms with Gasteiger partial charge in [-0.15, -0.1) is 0 Å². The van der Waals surface area contributed by atoms with Gasteiger partial charge in [0.25, 0.3) is 0 Å². The highest BCUT2D eigenvalue weighted by Gasteiger charge is 2.38. The van der Waals surface area contributed by atoms with E-state index in [0.717, 1.165) is 0 Å². The number of carbonyl (C=O) groups excluding carboxylic acids is 2. The van der Waals surface area contributed by atoms with E-state index in [1.54, 1.807) is 36.4 Å². The number of anilines is 1. The highest BCUT2D eigenvalue weighted by atomic mass is 16.5. The van der Waals surface area contributed by atoms with E-state index in [9.17, 15) is 14.7 Å². The summed E-state index contributed by atoms with van der Waals surface area (Å²) in [5, 5.41) is 17.8. The summed E-state index contributed by atoms with van der Waals surface area (Å²) in [5.74, 6) is -0.572. The molecule has 1 saturated heterocycles. The second-order valence-electron chi connectivity index (χ2n) is 5.86. The van der Waals surface area contributed by atoms with Gasteiger partial charge in [-0.05, 0) is 29.8 Å². The van der Waals surface area contributed by atoms with Crippen LogP contribution >= 0.6 is 0 Å². The SMILES string of the molecule is C=C1NC(=O)N[C@H](c2cccc(O)c2)[C@@H]1C(=O)Nc1ccccc1OC. The molecule has 0 spiro atoms. The van der Waals surface area contributed by atoms with Crippen molar-refractivity contribution in [1.29, 1.82) is 0 Å². The second kappa shape index (κ2) is 7.18. The summed E-state index contributed by atoms with van der Waals surface area (Å²) < 4.78 is 5.25. The summed E-state index contributed by atoms with van der Waals surface area (Å²) in [7, 11) is 1.52. The molecule has 0 bridgehead atoms. The number of rotatable bonds is 4. The van der Waals surface area contributed by atoms with Gasteiger partial charge in [0.05, 0.1) is 18.8 Å². The average molecular weight is 353 g/mol. The molecule has 0 aromatic heterocycles. The fourth-order valence-corrected chi connectivity index (χ4v) is 2.95. The number of hydrogen-bond acceptors (Lipinski definition) is 4. The van der Waals surface area contributed by atoms with E-state index in [2.05, 4.69) is 22.5 Å². The number of carbonyl (C=O) groups is 2. The minimum atomic E-state index is -0.778. The maximum atomic E-state index is 12.9. The van der Waals surface area contributed by atoms with Crippen molar-refractivity contribution in [2.24, 2.45) is 5.92 Å². The number of benzene rings is 2. The lowest BCUT2D eigenvalue weighted by Gasteiger charge is -2.34. The zero-order valence-corrected chi connectivity index (χ0v) is 14.2. The number of phenolic OH excluding ortho intramolecular Hbond substituents is 1. The van der Waals surface area contributed by atoms with Gasteiger partial charge in [0.1, 0.15) is 17.4 Å². The summed E-state index contributed by atoms with van der Waals surface area (Å²) in [4.78, 5) is 24.8. The van der Waals surface area contributed by atoms with Gasteiger partial charge in [-0.2, -0.15) is 0 Å². The molecule has 2 atom stereocenters. The lowest BCUT2D eigenvalue weighted by molar-refractivity contribution is -0.119. The Morgan fingerprint density at radius 2 is 2.00 bits per heavy atom. The minimum absolute atomic E-state index is 0.0461. The number of methoxy groups -OCH3 is 1. The van der Waals surface area contributed by atoms with Crippen LogP contribution in [0.25, 0.3) is 0 Å². The molecule has 1 fully saturated rings. The second-order valence-corrected chi connectivity index (χ2v) is 5.86.